The van der Waals surface area contributed by atoms with Crippen molar-refractivity contribution >= 4 is 28.9 Å². The summed E-state index contributed by atoms with van der Waals surface area (Å²) in [5, 5.41) is 2.29. The lowest BCUT2D eigenvalue weighted by atomic mass is 10.1. The summed E-state index contributed by atoms with van der Waals surface area (Å²) in [6, 6.07) is 5.98. The molecule has 1 aliphatic rings. The van der Waals surface area contributed by atoms with E-state index in [-0.39, 0.29) is 5.91 Å². The number of nitrogens with one attached hydrogen (secondary N) is 1. The molecule has 0 saturated heterocycles. The van der Waals surface area contributed by atoms with Crippen LogP contribution in [0.1, 0.15) is 12.5 Å². The quantitative estimate of drug-likeness (QED) is 0.802. The van der Waals surface area contributed by atoms with Crippen LogP contribution in [0.15, 0.2) is 18.2 Å². The Labute approximate surface area is 100 Å². The van der Waals surface area contributed by atoms with Crippen molar-refractivity contribution in [1.29, 1.82) is 0 Å². The number of benzene rings is 1. The molecule has 1 heterocycles. The van der Waals surface area contributed by atoms with Crippen molar-refractivity contribution in [2.75, 3.05) is 23.8 Å². The number of carbonyl (C=O) groups excluding carboxylic acids is 1. The summed E-state index contributed by atoms with van der Waals surface area (Å²) >= 11 is 5.70. The summed E-state index contributed by atoms with van der Waals surface area (Å²) in [6.07, 6.45) is 1.03. The molecule has 1 aromatic rings. The Balaban J connectivity index is 2.16. The van der Waals surface area contributed by atoms with E-state index in [4.69, 9.17) is 11.6 Å². The molecule has 0 spiro atoms. The van der Waals surface area contributed by atoms with Crippen LogP contribution < -0.4 is 10.2 Å². The highest BCUT2D eigenvalue weighted by atomic mass is 35.5. The molecule has 1 aliphatic heterocycles. The van der Waals surface area contributed by atoms with E-state index in [1.54, 1.807) is 6.92 Å². The number of rotatable bonds is 2. The summed E-state index contributed by atoms with van der Waals surface area (Å²) in [5.74, 6) is -0.159. The zero-order chi connectivity index (χ0) is 11.7. The second kappa shape index (κ2) is 4.34. The van der Waals surface area contributed by atoms with E-state index in [9.17, 15) is 4.79 Å². The fraction of sp³-hybridized carbons (Fsp3) is 0.417. The molecule has 0 fully saturated rings. The summed E-state index contributed by atoms with van der Waals surface area (Å²) in [6.45, 7) is 2.71. The first-order chi connectivity index (χ1) is 7.58. The number of halogens is 1. The van der Waals surface area contributed by atoms with Gasteiger partial charge in [-0.2, -0.15) is 0 Å². The summed E-state index contributed by atoms with van der Waals surface area (Å²) in [7, 11) is 2.07. The molecular weight excluding hydrogens is 224 g/mol. The van der Waals surface area contributed by atoms with E-state index in [2.05, 4.69) is 17.3 Å². The minimum absolute atomic E-state index is 0.159. The van der Waals surface area contributed by atoms with Gasteiger partial charge in [-0.25, -0.2) is 0 Å². The first-order valence-electron chi connectivity index (χ1n) is 5.37. The van der Waals surface area contributed by atoms with E-state index < -0.39 is 5.38 Å². The standard InChI is InChI=1S/C12H15ClN2O/c1-8(13)12(16)14-10-3-4-11-9(7-10)5-6-15(11)2/h3-4,7-8H,5-6H2,1-2H3,(H,14,16). The van der Waals surface area contributed by atoms with Gasteiger partial charge in [0.05, 0.1) is 0 Å². The zero-order valence-corrected chi connectivity index (χ0v) is 10.2. The third kappa shape index (κ3) is 2.14. The lowest BCUT2D eigenvalue weighted by molar-refractivity contribution is -0.115. The van der Waals surface area contributed by atoms with Gasteiger partial charge in [0.1, 0.15) is 5.38 Å². The number of carbonyl (C=O) groups is 1. The van der Waals surface area contributed by atoms with Gasteiger partial charge in [-0.3, -0.25) is 4.79 Å². The Morgan fingerprint density at radius 1 is 1.56 bits per heavy atom. The van der Waals surface area contributed by atoms with Gasteiger partial charge in [-0.05, 0) is 37.1 Å². The molecule has 0 bridgehead atoms. The number of alkyl halides is 1. The smallest absolute Gasteiger partial charge is 0.242 e. The highest BCUT2D eigenvalue weighted by molar-refractivity contribution is 6.32. The number of nitrogens with zero attached hydrogens (tertiary/aromatic N) is 1. The highest BCUT2D eigenvalue weighted by Gasteiger charge is 2.16. The molecule has 4 heteroatoms. The van der Waals surface area contributed by atoms with E-state index in [1.807, 2.05) is 18.2 Å². The van der Waals surface area contributed by atoms with Crippen LogP contribution in [0, 0.1) is 0 Å². The fourth-order valence-electron chi connectivity index (χ4n) is 1.89. The molecule has 3 nitrogen and oxygen atoms in total. The monoisotopic (exact) mass is 238 g/mol. The molecule has 0 aromatic heterocycles. The van der Waals surface area contributed by atoms with Crippen LogP contribution in [-0.2, 0) is 11.2 Å². The van der Waals surface area contributed by atoms with Crippen molar-refractivity contribution < 1.29 is 4.79 Å². The highest BCUT2D eigenvalue weighted by Crippen LogP contribution is 2.29. The second-order valence-electron chi connectivity index (χ2n) is 4.12. The van der Waals surface area contributed by atoms with Gasteiger partial charge < -0.3 is 10.2 Å². The molecular formula is C12H15ClN2O. The topological polar surface area (TPSA) is 32.3 Å². The van der Waals surface area contributed by atoms with Crippen LogP contribution in [0.25, 0.3) is 0 Å². The van der Waals surface area contributed by atoms with Crippen LogP contribution in [0.2, 0.25) is 0 Å². The lowest BCUT2D eigenvalue weighted by Gasteiger charge is -2.12. The third-order valence-corrected chi connectivity index (χ3v) is 3.03. The molecule has 1 amide bonds. The van der Waals surface area contributed by atoms with Crippen molar-refractivity contribution in [3.05, 3.63) is 23.8 Å². The Morgan fingerprint density at radius 2 is 2.31 bits per heavy atom. The second-order valence-corrected chi connectivity index (χ2v) is 4.77. The van der Waals surface area contributed by atoms with Crippen molar-refractivity contribution in [3.63, 3.8) is 0 Å². The molecule has 0 saturated carbocycles. The summed E-state index contributed by atoms with van der Waals surface area (Å²) < 4.78 is 0. The number of likely N-dealkylation sites (N-methyl/N-ethyl adjacent to an activating group) is 1. The van der Waals surface area contributed by atoms with Crippen molar-refractivity contribution in [1.82, 2.24) is 0 Å². The van der Waals surface area contributed by atoms with Crippen LogP contribution >= 0.6 is 11.6 Å². The maximum atomic E-state index is 11.4. The van der Waals surface area contributed by atoms with Gasteiger partial charge in [0.15, 0.2) is 0 Å². The maximum Gasteiger partial charge on any atom is 0.242 e. The molecule has 1 atom stereocenters. The normalized spacial score (nSPS) is 15.8. The van der Waals surface area contributed by atoms with Gasteiger partial charge in [-0.15, -0.1) is 11.6 Å². The summed E-state index contributed by atoms with van der Waals surface area (Å²) in [4.78, 5) is 13.6. The summed E-state index contributed by atoms with van der Waals surface area (Å²) in [5.41, 5.74) is 3.35. The van der Waals surface area contributed by atoms with Gasteiger partial charge in [-0.1, -0.05) is 0 Å². The number of fused-ring (bicyclic) bond motifs is 1. The van der Waals surface area contributed by atoms with Crippen LogP contribution in [0.4, 0.5) is 11.4 Å². The minimum atomic E-state index is -0.504. The Hall–Kier alpha value is -1.22. The Bertz CT molecular complexity index is 417. The maximum absolute atomic E-state index is 11.4. The first-order valence-corrected chi connectivity index (χ1v) is 5.80. The zero-order valence-electron chi connectivity index (χ0n) is 9.46. The van der Waals surface area contributed by atoms with Crippen LogP contribution in [-0.4, -0.2) is 24.9 Å². The molecule has 0 radical (unpaired) electrons. The molecule has 16 heavy (non-hydrogen) atoms. The average molecular weight is 239 g/mol. The number of anilines is 2. The fourth-order valence-corrected chi connectivity index (χ4v) is 1.94. The van der Waals surface area contributed by atoms with Crippen molar-refractivity contribution in [2.24, 2.45) is 0 Å². The molecule has 86 valence electrons. The third-order valence-electron chi connectivity index (χ3n) is 2.84. The Morgan fingerprint density at radius 3 is 3.00 bits per heavy atom. The van der Waals surface area contributed by atoms with Gasteiger partial charge in [0.2, 0.25) is 5.91 Å². The minimum Gasteiger partial charge on any atom is -0.374 e. The molecule has 1 N–H and O–H groups in total. The van der Waals surface area contributed by atoms with Crippen molar-refractivity contribution in [3.8, 4) is 0 Å². The van der Waals surface area contributed by atoms with E-state index in [1.165, 1.54) is 11.3 Å². The molecule has 0 aliphatic carbocycles. The lowest BCUT2D eigenvalue weighted by Crippen LogP contribution is -2.20. The van der Waals surface area contributed by atoms with Gasteiger partial charge in [0, 0.05) is 25.0 Å². The van der Waals surface area contributed by atoms with Gasteiger partial charge in [0.25, 0.3) is 0 Å². The van der Waals surface area contributed by atoms with Gasteiger partial charge >= 0.3 is 0 Å². The number of hydrogen-bond donors (Lipinski definition) is 1. The van der Waals surface area contributed by atoms with E-state index in [0.29, 0.717) is 0 Å². The molecule has 2 rings (SSSR count). The Kier molecular flexibility index (Phi) is 3.06. The van der Waals surface area contributed by atoms with Crippen LogP contribution in [0.3, 0.4) is 0 Å². The number of amides is 1. The van der Waals surface area contributed by atoms with E-state index in [0.717, 1.165) is 18.7 Å². The predicted molar refractivity (Wildman–Crippen MR) is 67.4 cm³/mol. The first kappa shape index (κ1) is 11.3. The predicted octanol–water partition coefficient (Wildman–Crippen LogP) is 2.24. The van der Waals surface area contributed by atoms with Crippen molar-refractivity contribution in [2.45, 2.75) is 18.7 Å². The average Bonchev–Trinajstić information content (AvgIpc) is 2.60. The SMILES string of the molecule is CC(Cl)C(=O)Nc1ccc2c(c1)CCN2C. The molecule has 1 unspecified atom stereocenters. The largest absolute Gasteiger partial charge is 0.374 e. The van der Waals surface area contributed by atoms with E-state index >= 15 is 0 Å². The molecule has 1 aromatic carbocycles. The number of hydrogen-bond acceptors (Lipinski definition) is 2. The van der Waals surface area contributed by atoms with Crippen LogP contribution in [0.5, 0.6) is 0 Å².